The summed E-state index contributed by atoms with van der Waals surface area (Å²) in [6, 6.07) is 11.5. The molecule has 0 unspecified atom stereocenters. The van der Waals surface area contributed by atoms with E-state index in [1.165, 1.54) is 0 Å². The smallest absolute Gasteiger partial charge is 0.0671 e. The molecule has 2 aromatic rings. The first-order valence-corrected chi connectivity index (χ1v) is 5.92. The molecule has 0 bridgehead atoms. The summed E-state index contributed by atoms with van der Waals surface area (Å²) < 4.78 is 0. The highest BCUT2D eigenvalue weighted by Crippen LogP contribution is 2.37. The molecule has 0 aliphatic rings. The lowest BCUT2D eigenvalue weighted by Gasteiger charge is -2.08. The van der Waals surface area contributed by atoms with E-state index in [0.717, 1.165) is 11.1 Å². The van der Waals surface area contributed by atoms with Gasteiger partial charge in [0.2, 0.25) is 0 Å². The van der Waals surface area contributed by atoms with Crippen LogP contribution in [0.15, 0.2) is 30.3 Å². The zero-order chi connectivity index (χ0) is 11.7. The highest BCUT2D eigenvalue weighted by Gasteiger charge is 2.10. The molecule has 0 atom stereocenters. The van der Waals surface area contributed by atoms with Crippen molar-refractivity contribution in [3.63, 3.8) is 0 Å². The third-order valence-corrected chi connectivity index (χ3v) is 3.45. The SMILES string of the molecule is Clc1c[c]c(Cl)c(-c2cccc(Cl)c2Cl)c1. The minimum atomic E-state index is 0.460. The van der Waals surface area contributed by atoms with Crippen molar-refractivity contribution in [2.24, 2.45) is 0 Å². The lowest BCUT2D eigenvalue weighted by atomic mass is 10.1. The Kier molecular flexibility index (Phi) is 3.66. The highest BCUT2D eigenvalue weighted by atomic mass is 35.5. The van der Waals surface area contributed by atoms with Gasteiger partial charge in [-0.3, -0.25) is 0 Å². The van der Waals surface area contributed by atoms with E-state index in [4.69, 9.17) is 46.4 Å². The molecule has 0 aliphatic carbocycles. The van der Waals surface area contributed by atoms with Gasteiger partial charge in [-0.05, 0) is 18.2 Å². The average molecular weight is 291 g/mol. The highest BCUT2D eigenvalue weighted by molar-refractivity contribution is 6.44. The van der Waals surface area contributed by atoms with Gasteiger partial charge in [0.25, 0.3) is 0 Å². The van der Waals surface area contributed by atoms with E-state index in [1.54, 1.807) is 24.3 Å². The first-order valence-electron chi connectivity index (χ1n) is 4.40. The lowest BCUT2D eigenvalue weighted by Crippen LogP contribution is -1.82. The summed E-state index contributed by atoms with van der Waals surface area (Å²) in [5.74, 6) is 0. The summed E-state index contributed by atoms with van der Waals surface area (Å²) in [4.78, 5) is 0. The Morgan fingerprint density at radius 2 is 1.69 bits per heavy atom. The van der Waals surface area contributed by atoms with Gasteiger partial charge >= 0.3 is 0 Å². The van der Waals surface area contributed by atoms with Crippen LogP contribution in [0.25, 0.3) is 11.1 Å². The monoisotopic (exact) mass is 289 g/mol. The third kappa shape index (κ3) is 2.31. The molecule has 0 saturated carbocycles. The van der Waals surface area contributed by atoms with E-state index in [9.17, 15) is 0 Å². The van der Waals surface area contributed by atoms with E-state index in [-0.39, 0.29) is 0 Å². The number of hydrogen-bond acceptors (Lipinski definition) is 0. The second kappa shape index (κ2) is 4.85. The van der Waals surface area contributed by atoms with Crippen LogP contribution in [0.3, 0.4) is 0 Å². The van der Waals surface area contributed by atoms with Crippen molar-refractivity contribution >= 4 is 46.4 Å². The molecular formula is C12H5Cl4. The third-order valence-electron chi connectivity index (χ3n) is 2.10. The lowest BCUT2D eigenvalue weighted by molar-refractivity contribution is 1.61. The molecule has 2 rings (SSSR count). The molecule has 0 aliphatic heterocycles. The Bertz CT molecular complexity index is 535. The molecule has 0 heterocycles. The largest absolute Gasteiger partial charge is 0.0843 e. The molecule has 16 heavy (non-hydrogen) atoms. The van der Waals surface area contributed by atoms with Crippen LogP contribution >= 0.6 is 46.4 Å². The van der Waals surface area contributed by atoms with E-state index in [0.29, 0.717) is 20.1 Å². The van der Waals surface area contributed by atoms with Crippen LogP contribution in [0.5, 0.6) is 0 Å². The summed E-state index contributed by atoms with van der Waals surface area (Å²) in [7, 11) is 0. The molecule has 0 aromatic heterocycles. The van der Waals surface area contributed by atoms with Gasteiger partial charge in [0.1, 0.15) is 0 Å². The predicted molar refractivity (Wildman–Crippen MR) is 70.8 cm³/mol. The Morgan fingerprint density at radius 1 is 0.938 bits per heavy atom. The van der Waals surface area contributed by atoms with Gasteiger partial charge in [-0.1, -0.05) is 58.5 Å². The van der Waals surface area contributed by atoms with E-state index in [2.05, 4.69) is 6.07 Å². The molecule has 0 N–H and O–H groups in total. The summed E-state index contributed by atoms with van der Waals surface area (Å²) >= 11 is 24.0. The molecule has 81 valence electrons. The molecule has 0 nitrogen and oxygen atoms in total. The van der Waals surface area contributed by atoms with Gasteiger partial charge in [0, 0.05) is 22.2 Å². The topological polar surface area (TPSA) is 0 Å². The summed E-state index contributed by atoms with van der Waals surface area (Å²) in [5, 5.41) is 1.96. The van der Waals surface area contributed by atoms with Gasteiger partial charge in [0.05, 0.1) is 15.1 Å². The number of halogens is 4. The fourth-order valence-electron chi connectivity index (χ4n) is 1.36. The molecule has 0 fully saturated rings. The van der Waals surface area contributed by atoms with Crippen LogP contribution in [0.2, 0.25) is 20.1 Å². The Labute approximate surface area is 114 Å². The first-order chi connectivity index (χ1) is 7.59. The predicted octanol–water partition coefficient (Wildman–Crippen LogP) is 5.77. The standard InChI is InChI=1S/C12H5Cl4/c13-7-4-5-10(14)9(6-7)8-2-1-3-11(15)12(8)16/h1-4,6H. The van der Waals surface area contributed by atoms with Gasteiger partial charge in [0.15, 0.2) is 0 Å². The van der Waals surface area contributed by atoms with Gasteiger partial charge < -0.3 is 0 Å². The van der Waals surface area contributed by atoms with E-state index >= 15 is 0 Å². The molecule has 2 aromatic carbocycles. The fraction of sp³-hybridized carbons (Fsp3) is 0. The van der Waals surface area contributed by atoms with Crippen molar-refractivity contribution in [2.45, 2.75) is 0 Å². The average Bonchev–Trinajstić information content (AvgIpc) is 2.26. The Balaban J connectivity index is 2.67. The van der Waals surface area contributed by atoms with Crippen molar-refractivity contribution in [1.29, 1.82) is 0 Å². The van der Waals surface area contributed by atoms with Crippen molar-refractivity contribution in [2.75, 3.05) is 0 Å². The number of benzene rings is 2. The second-order valence-electron chi connectivity index (χ2n) is 3.15. The quantitative estimate of drug-likeness (QED) is 0.626. The van der Waals surface area contributed by atoms with Crippen LogP contribution in [-0.2, 0) is 0 Å². The minimum absolute atomic E-state index is 0.460. The van der Waals surface area contributed by atoms with Crippen molar-refractivity contribution in [3.05, 3.63) is 56.5 Å². The van der Waals surface area contributed by atoms with E-state index < -0.39 is 0 Å². The number of hydrogen-bond donors (Lipinski definition) is 0. The summed E-state index contributed by atoms with van der Waals surface area (Å²) in [6.45, 7) is 0. The second-order valence-corrected chi connectivity index (χ2v) is 4.75. The molecular weight excluding hydrogens is 286 g/mol. The van der Waals surface area contributed by atoms with Crippen LogP contribution in [-0.4, -0.2) is 0 Å². The Hall–Kier alpha value is -0.400. The van der Waals surface area contributed by atoms with Crippen molar-refractivity contribution in [3.8, 4) is 11.1 Å². The zero-order valence-electron chi connectivity index (χ0n) is 7.90. The fourth-order valence-corrected chi connectivity index (χ4v) is 2.14. The first kappa shape index (κ1) is 12.1. The maximum Gasteiger partial charge on any atom is 0.0671 e. The number of rotatable bonds is 1. The molecule has 4 heteroatoms. The van der Waals surface area contributed by atoms with Gasteiger partial charge in [-0.15, -0.1) is 0 Å². The van der Waals surface area contributed by atoms with Gasteiger partial charge in [-0.25, -0.2) is 0 Å². The molecule has 0 amide bonds. The molecule has 0 saturated heterocycles. The summed E-state index contributed by atoms with van der Waals surface area (Å²) in [6.07, 6.45) is 0. The molecule has 0 spiro atoms. The maximum atomic E-state index is 6.10. The van der Waals surface area contributed by atoms with Crippen LogP contribution in [0, 0.1) is 6.07 Å². The van der Waals surface area contributed by atoms with Crippen LogP contribution < -0.4 is 0 Å². The minimum Gasteiger partial charge on any atom is -0.0843 e. The van der Waals surface area contributed by atoms with Crippen LogP contribution in [0.4, 0.5) is 0 Å². The van der Waals surface area contributed by atoms with E-state index in [1.807, 2.05) is 6.07 Å². The Morgan fingerprint density at radius 3 is 2.44 bits per heavy atom. The van der Waals surface area contributed by atoms with Crippen molar-refractivity contribution in [1.82, 2.24) is 0 Å². The van der Waals surface area contributed by atoms with Crippen LogP contribution in [0.1, 0.15) is 0 Å². The molecule has 1 radical (unpaired) electrons. The summed E-state index contributed by atoms with van der Waals surface area (Å²) in [5.41, 5.74) is 1.47. The van der Waals surface area contributed by atoms with Gasteiger partial charge in [-0.2, -0.15) is 0 Å². The zero-order valence-corrected chi connectivity index (χ0v) is 10.9. The normalized spacial score (nSPS) is 10.5. The maximum absolute atomic E-state index is 6.10. The van der Waals surface area contributed by atoms with Crippen molar-refractivity contribution < 1.29 is 0 Å².